The van der Waals surface area contributed by atoms with Gasteiger partial charge in [0.05, 0.1) is 18.8 Å². The summed E-state index contributed by atoms with van der Waals surface area (Å²) in [7, 11) is 0. The second-order valence-electron chi connectivity index (χ2n) is 5.57. The molecular formula is C19H23IN4S2. The molecule has 0 saturated heterocycles. The van der Waals surface area contributed by atoms with Crippen molar-refractivity contribution < 1.29 is 0 Å². The fraction of sp³-hybridized carbons (Fsp3) is 0.263. The summed E-state index contributed by atoms with van der Waals surface area (Å²) in [5.74, 6) is 0.826. The van der Waals surface area contributed by atoms with Crippen LogP contribution in [-0.4, -0.2) is 17.5 Å². The molecule has 138 valence electrons. The summed E-state index contributed by atoms with van der Waals surface area (Å²) in [5, 5.41) is 11.9. The maximum absolute atomic E-state index is 4.71. The second kappa shape index (κ2) is 10.6. The molecule has 0 aliphatic rings. The summed E-state index contributed by atoms with van der Waals surface area (Å²) in [6, 6.07) is 12.4. The highest BCUT2D eigenvalue weighted by atomic mass is 127. The predicted molar refractivity (Wildman–Crippen MR) is 124 cm³/mol. The number of nitrogens with one attached hydrogen (secondary N) is 2. The lowest BCUT2D eigenvalue weighted by Crippen LogP contribution is -2.36. The zero-order valence-electron chi connectivity index (χ0n) is 14.9. The van der Waals surface area contributed by atoms with E-state index in [1.54, 1.807) is 22.7 Å². The molecule has 0 radical (unpaired) electrons. The standard InChI is InChI=1S/C19H22N4S2.HI/c1-3-20-19(21-11-17-14(2)9-10-24-17)22-12-18-23-16(13-25-18)15-7-5-4-6-8-15;/h4-10,13H,3,11-12H2,1-2H3,(H2,20,21,22);1H. The molecule has 0 unspecified atom stereocenters. The van der Waals surface area contributed by atoms with Crippen molar-refractivity contribution in [2.75, 3.05) is 6.54 Å². The molecule has 0 aliphatic carbocycles. The Morgan fingerprint density at radius 2 is 1.92 bits per heavy atom. The van der Waals surface area contributed by atoms with Gasteiger partial charge in [-0.2, -0.15) is 0 Å². The highest BCUT2D eigenvalue weighted by molar-refractivity contribution is 14.0. The number of nitrogens with zero attached hydrogens (tertiary/aromatic N) is 2. The molecule has 0 atom stereocenters. The number of halogens is 1. The van der Waals surface area contributed by atoms with Gasteiger partial charge in [-0.05, 0) is 30.9 Å². The fourth-order valence-electron chi connectivity index (χ4n) is 2.35. The highest BCUT2D eigenvalue weighted by Crippen LogP contribution is 2.21. The van der Waals surface area contributed by atoms with E-state index >= 15 is 0 Å². The van der Waals surface area contributed by atoms with Crippen molar-refractivity contribution in [3.8, 4) is 11.3 Å². The molecule has 3 rings (SSSR count). The topological polar surface area (TPSA) is 49.3 Å². The van der Waals surface area contributed by atoms with Crippen molar-refractivity contribution in [3.63, 3.8) is 0 Å². The third kappa shape index (κ3) is 5.78. The number of hydrogen-bond donors (Lipinski definition) is 2. The monoisotopic (exact) mass is 498 g/mol. The van der Waals surface area contributed by atoms with Crippen LogP contribution in [0.15, 0.2) is 52.2 Å². The first-order valence-electron chi connectivity index (χ1n) is 8.31. The molecule has 0 fully saturated rings. The van der Waals surface area contributed by atoms with E-state index in [4.69, 9.17) is 4.98 Å². The largest absolute Gasteiger partial charge is 0.357 e. The van der Waals surface area contributed by atoms with Crippen LogP contribution in [0.4, 0.5) is 0 Å². The zero-order valence-corrected chi connectivity index (χ0v) is 18.8. The molecule has 0 saturated carbocycles. The molecule has 0 spiro atoms. The number of thiophene rings is 1. The average molecular weight is 498 g/mol. The molecule has 26 heavy (non-hydrogen) atoms. The van der Waals surface area contributed by atoms with Crippen molar-refractivity contribution in [3.05, 3.63) is 62.6 Å². The summed E-state index contributed by atoms with van der Waals surface area (Å²) in [6.45, 7) is 6.41. The van der Waals surface area contributed by atoms with Crippen LogP contribution in [0.1, 0.15) is 22.4 Å². The molecular weight excluding hydrogens is 475 g/mol. The SMILES string of the molecule is CCNC(=NCc1sccc1C)NCc1nc(-c2ccccc2)cs1.I. The molecule has 0 aliphatic heterocycles. The number of aryl methyl sites for hydroxylation is 1. The van der Waals surface area contributed by atoms with Crippen LogP contribution in [0.2, 0.25) is 0 Å². The van der Waals surface area contributed by atoms with Crippen LogP contribution >= 0.6 is 46.7 Å². The third-order valence-electron chi connectivity index (χ3n) is 3.72. The van der Waals surface area contributed by atoms with Gasteiger partial charge < -0.3 is 10.6 Å². The Balaban J connectivity index is 0.00000243. The number of thiazole rings is 1. The van der Waals surface area contributed by atoms with E-state index in [1.165, 1.54) is 10.4 Å². The molecule has 2 aromatic heterocycles. The number of benzene rings is 1. The van der Waals surface area contributed by atoms with E-state index < -0.39 is 0 Å². The van der Waals surface area contributed by atoms with Crippen molar-refractivity contribution in [1.29, 1.82) is 0 Å². The normalized spacial score (nSPS) is 11.1. The summed E-state index contributed by atoms with van der Waals surface area (Å²) < 4.78 is 0. The van der Waals surface area contributed by atoms with Gasteiger partial charge in [0.2, 0.25) is 0 Å². The molecule has 0 amide bonds. The van der Waals surface area contributed by atoms with Gasteiger partial charge in [0.15, 0.2) is 5.96 Å². The predicted octanol–water partition coefficient (Wildman–Crippen LogP) is 5.05. The lowest BCUT2D eigenvalue weighted by Gasteiger charge is -2.10. The number of aromatic nitrogens is 1. The lowest BCUT2D eigenvalue weighted by atomic mass is 10.2. The van der Waals surface area contributed by atoms with Crippen molar-refractivity contribution in [2.45, 2.75) is 26.9 Å². The maximum Gasteiger partial charge on any atom is 0.191 e. The number of rotatable bonds is 6. The molecule has 2 heterocycles. The number of aliphatic imine (C=N–C) groups is 1. The average Bonchev–Trinajstić information content (AvgIpc) is 3.27. The minimum atomic E-state index is 0. The van der Waals surface area contributed by atoms with Crippen molar-refractivity contribution in [1.82, 2.24) is 15.6 Å². The van der Waals surface area contributed by atoms with Crippen LogP contribution in [-0.2, 0) is 13.1 Å². The number of guanidine groups is 1. The van der Waals surface area contributed by atoms with Crippen molar-refractivity contribution in [2.24, 2.45) is 4.99 Å². The maximum atomic E-state index is 4.71. The van der Waals surface area contributed by atoms with Crippen LogP contribution in [0.25, 0.3) is 11.3 Å². The third-order valence-corrected chi connectivity index (χ3v) is 5.58. The van der Waals surface area contributed by atoms with E-state index in [-0.39, 0.29) is 24.0 Å². The Morgan fingerprint density at radius 3 is 2.62 bits per heavy atom. The summed E-state index contributed by atoms with van der Waals surface area (Å²) in [4.78, 5) is 10.7. The minimum Gasteiger partial charge on any atom is -0.357 e. The Kier molecular flexibility index (Phi) is 8.53. The Bertz CT molecular complexity index is 827. The molecule has 7 heteroatoms. The Labute approximate surface area is 179 Å². The van der Waals surface area contributed by atoms with Crippen LogP contribution in [0.3, 0.4) is 0 Å². The Morgan fingerprint density at radius 1 is 1.12 bits per heavy atom. The van der Waals surface area contributed by atoms with Gasteiger partial charge in [-0.15, -0.1) is 46.7 Å². The quantitative estimate of drug-likeness (QED) is 0.284. The van der Waals surface area contributed by atoms with Crippen molar-refractivity contribution >= 4 is 52.6 Å². The second-order valence-corrected chi connectivity index (χ2v) is 7.51. The fourth-order valence-corrected chi connectivity index (χ4v) is 3.92. The van der Waals surface area contributed by atoms with Gasteiger partial charge in [0.25, 0.3) is 0 Å². The van der Waals surface area contributed by atoms with E-state index in [1.807, 2.05) is 18.2 Å². The lowest BCUT2D eigenvalue weighted by molar-refractivity contribution is 0.813. The van der Waals surface area contributed by atoms with Gasteiger partial charge in [0, 0.05) is 22.4 Å². The van der Waals surface area contributed by atoms with Crippen LogP contribution < -0.4 is 10.6 Å². The molecule has 2 N–H and O–H groups in total. The molecule has 4 nitrogen and oxygen atoms in total. The van der Waals surface area contributed by atoms with E-state index in [9.17, 15) is 0 Å². The van der Waals surface area contributed by atoms with Gasteiger partial charge in [0.1, 0.15) is 5.01 Å². The first-order chi connectivity index (χ1) is 12.3. The summed E-state index contributed by atoms with van der Waals surface area (Å²) >= 11 is 3.42. The number of hydrogen-bond acceptors (Lipinski definition) is 4. The Hall–Kier alpha value is -1.45. The smallest absolute Gasteiger partial charge is 0.191 e. The van der Waals surface area contributed by atoms with Crippen LogP contribution in [0, 0.1) is 6.92 Å². The van der Waals surface area contributed by atoms with Gasteiger partial charge >= 0.3 is 0 Å². The molecule has 1 aromatic carbocycles. The summed E-state index contributed by atoms with van der Waals surface area (Å²) in [5.41, 5.74) is 3.48. The van der Waals surface area contributed by atoms with E-state index in [0.717, 1.165) is 28.8 Å². The summed E-state index contributed by atoms with van der Waals surface area (Å²) in [6.07, 6.45) is 0. The minimum absolute atomic E-state index is 0. The first-order valence-corrected chi connectivity index (χ1v) is 10.1. The van der Waals surface area contributed by atoms with E-state index in [2.05, 4.69) is 58.4 Å². The van der Waals surface area contributed by atoms with Gasteiger partial charge in [-0.25, -0.2) is 9.98 Å². The van der Waals surface area contributed by atoms with Crippen LogP contribution in [0.5, 0.6) is 0 Å². The molecule has 0 bridgehead atoms. The molecule has 3 aromatic rings. The van der Waals surface area contributed by atoms with Gasteiger partial charge in [-0.1, -0.05) is 30.3 Å². The highest BCUT2D eigenvalue weighted by Gasteiger charge is 2.06. The van der Waals surface area contributed by atoms with Gasteiger partial charge in [-0.3, -0.25) is 0 Å². The first kappa shape index (κ1) is 20.9. The van der Waals surface area contributed by atoms with E-state index in [0.29, 0.717) is 13.1 Å². The zero-order chi connectivity index (χ0) is 17.5.